The van der Waals surface area contributed by atoms with Crippen LogP contribution in [0, 0.1) is 17.8 Å². The molecule has 6 heteroatoms. The summed E-state index contributed by atoms with van der Waals surface area (Å²) in [6.45, 7) is 1.91. The van der Waals surface area contributed by atoms with Crippen molar-refractivity contribution >= 4 is 17.6 Å². The Morgan fingerprint density at radius 1 is 1.28 bits per heavy atom. The van der Waals surface area contributed by atoms with Gasteiger partial charge in [0, 0.05) is 11.6 Å². The van der Waals surface area contributed by atoms with Crippen LogP contribution in [0.2, 0.25) is 0 Å². The average molecular weight is 342 g/mol. The zero-order valence-electron chi connectivity index (χ0n) is 14.0. The van der Waals surface area contributed by atoms with Crippen molar-refractivity contribution in [1.29, 1.82) is 0 Å². The van der Waals surface area contributed by atoms with E-state index in [1.54, 1.807) is 12.1 Å². The van der Waals surface area contributed by atoms with Gasteiger partial charge in [0.05, 0.1) is 6.42 Å². The predicted molar refractivity (Wildman–Crippen MR) is 93.4 cm³/mol. The monoisotopic (exact) mass is 342 g/mol. The van der Waals surface area contributed by atoms with E-state index in [0.29, 0.717) is 17.9 Å². The minimum absolute atomic E-state index is 0.00417. The van der Waals surface area contributed by atoms with E-state index in [4.69, 9.17) is 9.84 Å². The Labute approximate surface area is 146 Å². The van der Waals surface area contributed by atoms with Gasteiger partial charge in [-0.3, -0.25) is 9.59 Å². The van der Waals surface area contributed by atoms with E-state index in [1.807, 2.05) is 6.07 Å². The van der Waals surface area contributed by atoms with Crippen LogP contribution in [-0.4, -0.2) is 36.2 Å². The number of amides is 1. The van der Waals surface area contributed by atoms with E-state index >= 15 is 0 Å². The van der Waals surface area contributed by atoms with E-state index < -0.39 is 5.97 Å². The van der Waals surface area contributed by atoms with E-state index in [0.717, 1.165) is 37.9 Å². The summed E-state index contributed by atoms with van der Waals surface area (Å²) in [6.07, 6.45) is 3.07. The molecule has 1 aromatic carbocycles. The van der Waals surface area contributed by atoms with Gasteiger partial charge in [0.2, 0.25) is 0 Å². The number of aliphatic carboxylic acids is 1. The number of nitrogens with one attached hydrogen (secondary N) is 2. The molecule has 1 unspecified atom stereocenters. The summed E-state index contributed by atoms with van der Waals surface area (Å²) in [5.41, 5.74) is 1.66. The Balaban J connectivity index is 1.58. The molecular formula is C19H22N2O4. The van der Waals surface area contributed by atoms with Gasteiger partial charge in [-0.25, -0.2) is 0 Å². The fraction of sp³-hybridized carbons (Fsp3) is 0.474. The third-order valence-electron chi connectivity index (χ3n) is 4.48. The van der Waals surface area contributed by atoms with Crippen LogP contribution >= 0.6 is 0 Å². The highest BCUT2D eigenvalue weighted by Crippen LogP contribution is 2.31. The molecular weight excluding hydrogens is 320 g/mol. The van der Waals surface area contributed by atoms with Crippen molar-refractivity contribution in [3.63, 3.8) is 0 Å². The van der Waals surface area contributed by atoms with Gasteiger partial charge in [0.1, 0.15) is 11.9 Å². The Hall–Kier alpha value is -2.52. The number of carbonyl (C=O) groups is 2. The number of piperidine rings is 1. The van der Waals surface area contributed by atoms with Crippen molar-refractivity contribution < 1.29 is 19.4 Å². The van der Waals surface area contributed by atoms with Crippen molar-refractivity contribution in [1.82, 2.24) is 5.32 Å². The van der Waals surface area contributed by atoms with E-state index in [-0.39, 0.29) is 24.3 Å². The van der Waals surface area contributed by atoms with Gasteiger partial charge in [0.25, 0.3) is 5.91 Å². The summed E-state index contributed by atoms with van der Waals surface area (Å²) in [6, 6.07) is 5.40. The molecule has 132 valence electrons. The third kappa shape index (κ3) is 4.97. The largest absolute Gasteiger partial charge is 0.490 e. The van der Waals surface area contributed by atoms with Gasteiger partial charge in [-0.2, -0.15) is 0 Å². The molecule has 1 fully saturated rings. The van der Waals surface area contributed by atoms with E-state index in [9.17, 15) is 9.59 Å². The number of benzene rings is 1. The third-order valence-corrected chi connectivity index (χ3v) is 4.48. The topological polar surface area (TPSA) is 87.7 Å². The van der Waals surface area contributed by atoms with Crippen molar-refractivity contribution in [2.24, 2.45) is 5.92 Å². The van der Waals surface area contributed by atoms with Gasteiger partial charge in [0.15, 0.2) is 0 Å². The summed E-state index contributed by atoms with van der Waals surface area (Å²) >= 11 is 0. The van der Waals surface area contributed by atoms with Crippen molar-refractivity contribution in [2.45, 2.75) is 38.2 Å². The second kappa shape index (κ2) is 8.04. The minimum atomic E-state index is -0.857. The molecule has 0 aliphatic carbocycles. The van der Waals surface area contributed by atoms with Crippen LogP contribution in [0.4, 0.5) is 5.69 Å². The molecule has 0 bridgehead atoms. The maximum atomic E-state index is 12.0. The first kappa shape index (κ1) is 17.3. The van der Waals surface area contributed by atoms with Crippen LogP contribution in [0.5, 0.6) is 5.75 Å². The number of fused-ring (bicyclic) bond motifs is 1. The van der Waals surface area contributed by atoms with Crippen LogP contribution in [0.1, 0.15) is 31.2 Å². The quantitative estimate of drug-likeness (QED) is 0.729. The molecule has 3 rings (SSSR count). The number of aryl methyl sites for hydroxylation is 1. The standard InChI is InChI=1S/C19H22N2O4/c22-18(6-1-13-7-9-20-10-8-13)21-15-3-5-17-14(11-15)2-4-16(25-17)12-19(23)24/h3,5,11,13,16,20H,2,4,7-10,12H2,(H,21,22)(H,23,24). The number of carboxylic acids is 1. The molecule has 2 heterocycles. The maximum absolute atomic E-state index is 12.0. The second-order valence-corrected chi connectivity index (χ2v) is 6.45. The van der Waals surface area contributed by atoms with Crippen molar-refractivity contribution in [3.8, 4) is 17.6 Å². The lowest BCUT2D eigenvalue weighted by Crippen LogP contribution is -2.27. The first-order valence-corrected chi connectivity index (χ1v) is 8.65. The lowest BCUT2D eigenvalue weighted by molar-refractivity contribution is -0.139. The van der Waals surface area contributed by atoms with Gasteiger partial charge in [-0.1, -0.05) is 5.92 Å². The summed E-state index contributed by atoms with van der Waals surface area (Å²) in [5, 5.41) is 14.9. The number of carboxylic acid groups (broad SMARTS) is 1. The molecule has 2 aliphatic heterocycles. The summed E-state index contributed by atoms with van der Waals surface area (Å²) in [7, 11) is 0. The number of rotatable bonds is 3. The molecule has 0 aromatic heterocycles. The lowest BCUT2D eigenvalue weighted by Gasteiger charge is -2.25. The predicted octanol–water partition coefficient (Wildman–Crippen LogP) is 1.80. The van der Waals surface area contributed by atoms with Crippen LogP contribution in [0.15, 0.2) is 18.2 Å². The fourth-order valence-corrected chi connectivity index (χ4v) is 3.16. The normalized spacial score (nSPS) is 19.8. The first-order valence-electron chi connectivity index (χ1n) is 8.65. The molecule has 3 N–H and O–H groups in total. The Morgan fingerprint density at radius 3 is 2.84 bits per heavy atom. The average Bonchev–Trinajstić information content (AvgIpc) is 2.60. The summed E-state index contributed by atoms with van der Waals surface area (Å²) < 4.78 is 5.70. The van der Waals surface area contributed by atoms with Gasteiger partial charge >= 0.3 is 5.97 Å². The summed E-state index contributed by atoms with van der Waals surface area (Å²) in [5.74, 6) is 5.55. The second-order valence-electron chi connectivity index (χ2n) is 6.45. The molecule has 6 nitrogen and oxygen atoms in total. The number of hydrogen-bond donors (Lipinski definition) is 3. The minimum Gasteiger partial charge on any atom is -0.490 e. The van der Waals surface area contributed by atoms with E-state index in [1.165, 1.54) is 0 Å². The van der Waals surface area contributed by atoms with Crippen LogP contribution in [0.3, 0.4) is 0 Å². The Bertz CT molecular complexity index is 714. The number of carbonyl (C=O) groups excluding carboxylic acids is 1. The molecule has 0 saturated carbocycles. The molecule has 1 atom stereocenters. The molecule has 1 aromatic rings. The summed E-state index contributed by atoms with van der Waals surface area (Å²) in [4.78, 5) is 22.8. The zero-order valence-corrected chi connectivity index (χ0v) is 14.0. The van der Waals surface area contributed by atoms with E-state index in [2.05, 4.69) is 22.5 Å². The van der Waals surface area contributed by atoms with Gasteiger partial charge in [-0.05, 0) is 68.5 Å². The van der Waals surface area contributed by atoms with Crippen molar-refractivity contribution in [2.75, 3.05) is 18.4 Å². The fourth-order valence-electron chi connectivity index (χ4n) is 3.16. The highest BCUT2D eigenvalue weighted by Gasteiger charge is 2.22. The highest BCUT2D eigenvalue weighted by molar-refractivity contribution is 6.04. The smallest absolute Gasteiger partial charge is 0.307 e. The highest BCUT2D eigenvalue weighted by atomic mass is 16.5. The molecule has 1 saturated heterocycles. The number of anilines is 1. The Kier molecular flexibility index (Phi) is 5.56. The lowest BCUT2D eigenvalue weighted by atomic mass is 9.99. The maximum Gasteiger partial charge on any atom is 0.307 e. The molecule has 0 spiro atoms. The van der Waals surface area contributed by atoms with Gasteiger partial charge in [-0.15, -0.1) is 0 Å². The van der Waals surface area contributed by atoms with Crippen molar-refractivity contribution in [3.05, 3.63) is 23.8 Å². The van der Waals surface area contributed by atoms with Crippen LogP contribution in [0.25, 0.3) is 0 Å². The molecule has 2 aliphatic rings. The van der Waals surface area contributed by atoms with Gasteiger partial charge < -0.3 is 20.5 Å². The molecule has 0 radical (unpaired) electrons. The number of hydrogen-bond acceptors (Lipinski definition) is 4. The van der Waals surface area contributed by atoms with Crippen LogP contribution in [-0.2, 0) is 16.0 Å². The zero-order chi connectivity index (χ0) is 17.6. The first-order chi connectivity index (χ1) is 12.1. The SMILES string of the molecule is O=C(O)CC1CCc2cc(NC(=O)C#CC3CCNCC3)ccc2O1. The Morgan fingerprint density at radius 2 is 2.08 bits per heavy atom. The van der Waals surface area contributed by atoms with Crippen LogP contribution < -0.4 is 15.4 Å². The molecule has 25 heavy (non-hydrogen) atoms. The number of ether oxygens (including phenoxy) is 1. The molecule has 1 amide bonds.